The number of hydrogen-bond acceptors (Lipinski definition) is 4. The van der Waals surface area contributed by atoms with Crippen molar-refractivity contribution in [3.63, 3.8) is 0 Å². The summed E-state index contributed by atoms with van der Waals surface area (Å²) >= 11 is 0. The van der Waals surface area contributed by atoms with Crippen LogP contribution in [0.15, 0.2) is 59.6 Å². The van der Waals surface area contributed by atoms with E-state index in [4.69, 9.17) is 0 Å². The largest absolute Gasteiger partial charge is 0.390 e. The summed E-state index contributed by atoms with van der Waals surface area (Å²) in [5.41, 5.74) is 8.22. The number of fused-ring (bicyclic) bond motifs is 2. The Labute approximate surface area is 243 Å². The van der Waals surface area contributed by atoms with Gasteiger partial charge in [-0.1, -0.05) is 56.9 Å². The van der Waals surface area contributed by atoms with Gasteiger partial charge >= 0.3 is 0 Å². The van der Waals surface area contributed by atoms with Gasteiger partial charge in [-0.15, -0.1) is 0 Å². The van der Waals surface area contributed by atoms with Crippen LogP contribution in [0.5, 0.6) is 0 Å². The van der Waals surface area contributed by atoms with Crippen LogP contribution < -0.4 is 5.32 Å². The fourth-order valence-electron chi connectivity index (χ4n) is 6.09. The van der Waals surface area contributed by atoms with Crippen molar-refractivity contribution in [2.75, 3.05) is 18.4 Å². The summed E-state index contributed by atoms with van der Waals surface area (Å²) < 4.78 is 27.8. The van der Waals surface area contributed by atoms with E-state index in [1.165, 1.54) is 9.87 Å². The van der Waals surface area contributed by atoms with Crippen LogP contribution in [0, 0.1) is 25.7 Å². The van der Waals surface area contributed by atoms with Gasteiger partial charge in [0.05, 0.1) is 22.1 Å². The van der Waals surface area contributed by atoms with E-state index >= 15 is 0 Å². The number of H-pyrrole nitrogens is 1. The summed E-state index contributed by atoms with van der Waals surface area (Å²) in [5, 5.41) is 16.1. The number of aromatic nitrogens is 1. The van der Waals surface area contributed by atoms with E-state index in [2.05, 4.69) is 67.2 Å². The lowest BCUT2D eigenvalue weighted by Gasteiger charge is -2.43. The summed E-state index contributed by atoms with van der Waals surface area (Å²) in [5.74, 6) is 6.55. The number of nitrogens with one attached hydrogen (secondary N) is 2. The zero-order chi connectivity index (χ0) is 29.7. The molecule has 5 rings (SSSR count). The van der Waals surface area contributed by atoms with Crippen LogP contribution >= 0.6 is 0 Å². The van der Waals surface area contributed by atoms with Crippen LogP contribution in [-0.4, -0.2) is 47.5 Å². The van der Waals surface area contributed by atoms with Crippen molar-refractivity contribution in [2.45, 2.75) is 70.9 Å². The molecular weight excluding hydrogens is 530 g/mol. The fraction of sp³-hybridized carbons (Fsp3) is 0.353. The second-order valence-corrected chi connectivity index (χ2v) is 13.5. The third-order valence-electron chi connectivity index (χ3n) is 8.40. The molecule has 41 heavy (non-hydrogen) atoms. The molecule has 0 fully saturated rings. The lowest BCUT2D eigenvalue weighted by atomic mass is 9.75. The normalized spacial score (nSPS) is 18.1. The number of hydrogen-bond donors (Lipinski definition) is 3. The summed E-state index contributed by atoms with van der Waals surface area (Å²) in [7, 11) is -3.61. The molecule has 0 spiro atoms. The highest BCUT2D eigenvalue weighted by Gasteiger charge is 2.41. The quantitative estimate of drug-likeness (QED) is 0.238. The van der Waals surface area contributed by atoms with Crippen molar-refractivity contribution in [3.05, 3.63) is 82.5 Å². The molecule has 0 aliphatic carbocycles. The smallest absolute Gasteiger partial charge is 0.243 e. The molecular formula is C34H39N3O3S. The third kappa shape index (κ3) is 4.95. The summed E-state index contributed by atoms with van der Waals surface area (Å²) in [6.45, 7) is 14.7. The highest BCUT2D eigenvalue weighted by Crippen LogP contribution is 2.46. The highest BCUT2D eigenvalue weighted by atomic mass is 32.2. The van der Waals surface area contributed by atoms with Crippen molar-refractivity contribution < 1.29 is 13.5 Å². The molecule has 7 heteroatoms. The van der Waals surface area contributed by atoms with Crippen molar-refractivity contribution in [1.82, 2.24) is 9.29 Å². The first-order valence-corrected chi connectivity index (χ1v) is 15.7. The molecule has 214 valence electrons. The second-order valence-electron chi connectivity index (χ2n) is 11.6. The van der Waals surface area contributed by atoms with Crippen LogP contribution in [0.25, 0.3) is 22.0 Å². The highest BCUT2D eigenvalue weighted by molar-refractivity contribution is 7.89. The monoisotopic (exact) mass is 569 g/mol. The van der Waals surface area contributed by atoms with Gasteiger partial charge in [0.25, 0.3) is 0 Å². The van der Waals surface area contributed by atoms with Crippen LogP contribution in [0.2, 0.25) is 0 Å². The predicted octanol–water partition coefficient (Wildman–Crippen LogP) is 6.55. The zero-order valence-electron chi connectivity index (χ0n) is 24.9. The first-order chi connectivity index (χ1) is 19.4. The van der Waals surface area contributed by atoms with E-state index < -0.39 is 21.7 Å². The summed E-state index contributed by atoms with van der Waals surface area (Å²) in [6, 6.07) is 15.3. The molecule has 6 nitrogen and oxygen atoms in total. The molecule has 0 saturated carbocycles. The fourth-order valence-corrected chi connectivity index (χ4v) is 7.60. The van der Waals surface area contributed by atoms with Gasteiger partial charge in [-0.2, -0.15) is 4.31 Å². The minimum Gasteiger partial charge on any atom is -0.390 e. The molecule has 1 aromatic heterocycles. The van der Waals surface area contributed by atoms with E-state index in [1.54, 1.807) is 18.2 Å². The van der Waals surface area contributed by atoms with Gasteiger partial charge < -0.3 is 15.4 Å². The van der Waals surface area contributed by atoms with Gasteiger partial charge in [-0.05, 0) is 68.7 Å². The first-order valence-electron chi connectivity index (χ1n) is 14.2. The molecule has 2 atom stereocenters. The lowest BCUT2D eigenvalue weighted by Crippen LogP contribution is -2.50. The summed E-state index contributed by atoms with van der Waals surface area (Å²) in [6.07, 6.45) is 1.39. The first kappa shape index (κ1) is 28.9. The second kappa shape index (κ2) is 10.7. The SMILES string of the molecule is CCN(CC)S(=O)(=O)c1cccc(C#Cc2c(-c3cccc4c(C)c[nH]c34)cc(C)c3c2C(C)C(O)C(C)(C)N3)c1. The number of para-hydroxylation sites is 1. The number of benzene rings is 3. The molecule has 3 aromatic carbocycles. The molecule has 0 radical (unpaired) electrons. The maximum Gasteiger partial charge on any atom is 0.243 e. The average molecular weight is 570 g/mol. The van der Waals surface area contributed by atoms with Gasteiger partial charge in [0.2, 0.25) is 10.0 Å². The van der Waals surface area contributed by atoms with Crippen molar-refractivity contribution in [3.8, 4) is 23.0 Å². The Morgan fingerprint density at radius 2 is 1.68 bits per heavy atom. The number of nitrogens with zero attached hydrogens (tertiary/aromatic N) is 1. The number of aliphatic hydroxyl groups is 1. The van der Waals surface area contributed by atoms with Crippen LogP contribution in [-0.2, 0) is 10.0 Å². The maximum absolute atomic E-state index is 13.2. The van der Waals surface area contributed by atoms with Gasteiger partial charge in [0.1, 0.15) is 0 Å². The van der Waals surface area contributed by atoms with Crippen LogP contribution in [0.3, 0.4) is 0 Å². The van der Waals surface area contributed by atoms with E-state index in [0.29, 0.717) is 18.7 Å². The maximum atomic E-state index is 13.2. The van der Waals surface area contributed by atoms with Gasteiger partial charge in [-0.25, -0.2) is 8.42 Å². The Balaban J connectivity index is 1.75. The molecule has 0 amide bonds. The molecule has 3 N–H and O–H groups in total. The Bertz CT molecular complexity index is 1800. The number of aliphatic hydroxyl groups excluding tert-OH is 1. The molecule has 2 unspecified atom stereocenters. The number of rotatable bonds is 5. The zero-order valence-corrected chi connectivity index (χ0v) is 25.7. The van der Waals surface area contributed by atoms with Gasteiger partial charge in [-0.3, -0.25) is 0 Å². The molecule has 0 bridgehead atoms. The Hall–Kier alpha value is -3.57. The lowest BCUT2D eigenvalue weighted by molar-refractivity contribution is 0.0868. The van der Waals surface area contributed by atoms with Gasteiger partial charge in [0.15, 0.2) is 0 Å². The van der Waals surface area contributed by atoms with Crippen molar-refractivity contribution in [1.29, 1.82) is 0 Å². The number of aromatic amines is 1. The van der Waals surface area contributed by atoms with Crippen molar-refractivity contribution in [2.24, 2.45) is 0 Å². The number of sulfonamides is 1. The third-order valence-corrected chi connectivity index (χ3v) is 10.4. The van der Waals surface area contributed by atoms with E-state index in [-0.39, 0.29) is 10.8 Å². The minimum atomic E-state index is -3.61. The predicted molar refractivity (Wildman–Crippen MR) is 168 cm³/mol. The Morgan fingerprint density at radius 3 is 2.39 bits per heavy atom. The van der Waals surface area contributed by atoms with Crippen LogP contribution in [0.1, 0.15) is 68.4 Å². The minimum absolute atomic E-state index is 0.178. The Kier molecular flexibility index (Phi) is 7.54. The van der Waals surface area contributed by atoms with E-state index in [1.807, 2.05) is 40.0 Å². The van der Waals surface area contributed by atoms with Crippen molar-refractivity contribution >= 4 is 26.6 Å². The van der Waals surface area contributed by atoms with E-state index in [0.717, 1.165) is 44.4 Å². The van der Waals surface area contributed by atoms with Gasteiger partial charge in [0, 0.05) is 58.5 Å². The number of aryl methyl sites for hydroxylation is 2. The Morgan fingerprint density at radius 1 is 0.976 bits per heavy atom. The molecule has 1 aliphatic rings. The molecule has 2 heterocycles. The average Bonchev–Trinajstić information content (AvgIpc) is 3.33. The van der Waals surface area contributed by atoms with Crippen LogP contribution in [0.4, 0.5) is 5.69 Å². The topological polar surface area (TPSA) is 85.4 Å². The molecule has 1 aliphatic heterocycles. The summed E-state index contributed by atoms with van der Waals surface area (Å²) in [4.78, 5) is 3.68. The number of anilines is 1. The van der Waals surface area contributed by atoms with E-state index in [9.17, 15) is 13.5 Å². The standard InChI is InChI=1S/C34H39N3O3S/c1-8-37(9-2)41(39,40)25-13-10-12-24(19-25)16-17-27-29(28-15-11-14-26-22(4)20-35-32(26)28)18-21(3)31-30(27)23(5)33(38)34(6,7)36-31/h10-15,18-20,23,33,35-36,38H,8-9H2,1-7H3. The molecule has 0 saturated heterocycles. The molecule has 4 aromatic rings.